The van der Waals surface area contributed by atoms with Crippen LogP contribution >= 0.6 is 15.9 Å². The zero-order valence-corrected chi connectivity index (χ0v) is 12.9. The maximum Gasteiger partial charge on any atom is 0.251 e. The molecule has 0 aliphatic rings. The third-order valence-electron chi connectivity index (χ3n) is 3.05. The summed E-state index contributed by atoms with van der Waals surface area (Å²) in [5.74, 6) is -0.00545. The second-order valence-electron chi connectivity index (χ2n) is 4.56. The smallest absolute Gasteiger partial charge is 0.251 e. The van der Waals surface area contributed by atoms with E-state index < -0.39 is 5.82 Å². The van der Waals surface area contributed by atoms with Crippen LogP contribution in [0.4, 0.5) is 4.39 Å². The van der Waals surface area contributed by atoms with Crippen molar-refractivity contribution in [3.63, 3.8) is 0 Å². The first kappa shape index (κ1) is 14.7. The van der Waals surface area contributed by atoms with Crippen molar-refractivity contribution in [2.45, 2.75) is 26.8 Å². The highest BCUT2D eigenvalue weighted by molar-refractivity contribution is 9.10. The fourth-order valence-corrected chi connectivity index (χ4v) is 2.48. The Morgan fingerprint density at radius 2 is 2.15 bits per heavy atom. The molecule has 1 aromatic heterocycles. The quantitative estimate of drug-likeness (QED) is 0.927. The molecule has 20 heavy (non-hydrogen) atoms. The Bertz CT molecular complexity index is 635. The third kappa shape index (κ3) is 2.90. The van der Waals surface area contributed by atoms with E-state index in [2.05, 4.69) is 26.4 Å². The summed E-state index contributed by atoms with van der Waals surface area (Å²) < 4.78 is 18.5. The minimum atomic E-state index is -0.402. The zero-order valence-electron chi connectivity index (χ0n) is 11.3. The molecular weight excluding hydrogens is 327 g/mol. The van der Waals surface area contributed by atoms with Crippen LogP contribution in [0.1, 0.15) is 40.3 Å². The van der Waals surface area contributed by atoms with E-state index in [1.54, 1.807) is 6.92 Å². The Hall–Kier alpha value is -1.69. The Morgan fingerprint density at radius 1 is 1.45 bits per heavy atom. The molecule has 0 saturated carbocycles. The van der Waals surface area contributed by atoms with E-state index in [1.807, 2.05) is 13.8 Å². The highest BCUT2D eigenvalue weighted by Gasteiger charge is 2.19. The van der Waals surface area contributed by atoms with Crippen molar-refractivity contribution in [1.82, 2.24) is 10.5 Å². The van der Waals surface area contributed by atoms with Gasteiger partial charge in [-0.3, -0.25) is 4.79 Å². The Balaban J connectivity index is 2.17. The topological polar surface area (TPSA) is 55.1 Å². The minimum Gasteiger partial charge on any atom is -0.361 e. The molecule has 1 amide bonds. The number of benzene rings is 1. The molecule has 0 fully saturated rings. The van der Waals surface area contributed by atoms with Crippen molar-refractivity contribution < 1.29 is 13.7 Å². The van der Waals surface area contributed by atoms with Crippen molar-refractivity contribution >= 4 is 21.8 Å². The highest BCUT2D eigenvalue weighted by atomic mass is 79.9. The number of aryl methyl sites for hydroxylation is 2. The van der Waals surface area contributed by atoms with E-state index in [9.17, 15) is 9.18 Å². The Labute approximate surface area is 124 Å². The van der Waals surface area contributed by atoms with Gasteiger partial charge in [0.1, 0.15) is 11.6 Å². The van der Waals surface area contributed by atoms with Crippen LogP contribution in [0, 0.1) is 19.7 Å². The molecule has 2 aromatic rings. The van der Waals surface area contributed by atoms with E-state index >= 15 is 0 Å². The van der Waals surface area contributed by atoms with E-state index in [0.717, 1.165) is 11.3 Å². The maximum absolute atomic E-state index is 13.2. The van der Waals surface area contributed by atoms with Crippen LogP contribution in [-0.2, 0) is 0 Å². The lowest BCUT2D eigenvalue weighted by Gasteiger charge is -2.14. The molecule has 1 unspecified atom stereocenters. The maximum atomic E-state index is 13.2. The van der Waals surface area contributed by atoms with Gasteiger partial charge in [0.05, 0.1) is 16.2 Å². The molecule has 0 spiro atoms. The lowest BCUT2D eigenvalue weighted by molar-refractivity contribution is 0.0939. The number of hydrogen-bond acceptors (Lipinski definition) is 3. The predicted octanol–water partition coefficient (Wildman–Crippen LogP) is 3.68. The van der Waals surface area contributed by atoms with Crippen molar-refractivity contribution in [3.8, 4) is 0 Å². The fraction of sp³-hybridized carbons (Fsp3) is 0.286. The first-order valence-electron chi connectivity index (χ1n) is 6.09. The summed E-state index contributed by atoms with van der Waals surface area (Å²) in [7, 11) is 0. The van der Waals surface area contributed by atoms with Crippen molar-refractivity contribution in [3.05, 3.63) is 51.1 Å². The predicted molar refractivity (Wildman–Crippen MR) is 76.0 cm³/mol. The van der Waals surface area contributed by atoms with Gasteiger partial charge in [-0.05, 0) is 54.9 Å². The van der Waals surface area contributed by atoms with Crippen LogP contribution in [0.3, 0.4) is 0 Å². The third-order valence-corrected chi connectivity index (χ3v) is 3.66. The molecule has 4 nitrogen and oxygen atoms in total. The summed E-state index contributed by atoms with van der Waals surface area (Å²) >= 11 is 3.06. The van der Waals surface area contributed by atoms with Gasteiger partial charge in [0, 0.05) is 11.1 Å². The molecule has 1 aromatic carbocycles. The molecule has 2 rings (SSSR count). The molecule has 0 radical (unpaired) electrons. The summed E-state index contributed by atoms with van der Waals surface area (Å²) in [5.41, 5.74) is 1.99. The Kier molecular flexibility index (Phi) is 4.23. The van der Waals surface area contributed by atoms with E-state index in [0.29, 0.717) is 11.3 Å². The number of carbonyl (C=O) groups is 1. The minimum absolute atomic E-state index is 0.238. The zero-order chi connectivity index (χ0) is 14.9. The molecule has 0 bridgehead atoms. The first-order chi connectivity index (χ1) is 9.40. The summed E-state index contributed by atoms with van der Waals surface area (Å²) in [5, 5.41) is 6.70. The van der Waals surface area contributed by atoms with Gasteiger partial charge in [0.15, 0.2) is 0 Å². The standard InChI is InChI=1S/C14H14BrFN2O2/c1-7(13-8(2)18-20-9(13)3)17-14(19)10-4-5-12(16)11(15)6-10/h4-7H,1-3H3,(H,17,19). The summed E-state index contributed by atoms with van der Waals surface area (Å²) in [6.45, 7) is 5.47. The van der Waals surface area contributed by atoms with Gasteiger partial charge in [0.25, 0.3) is 5.91 Å². The molecule has 6 heteroatoms. The molecule has 1 N–H and O–H groups in total. The summed E-state index contributed by atoms with van der Waals surface area (Å²) in [4.78, 5) is 12.1. The number of carbonyl (C=O) groups excluding carboxylic acids is 1. The van der Waals surface area contributed by atoms with Gasteiger partial charge in [-0.2, -0.15) is 0 Å². The normalized spacial score (nSPS) is 12.2. The monoisotopic (exact) mass is 340 g/mol. The van der Waals surface area contributed by atoms with Crippen LogP contribution in [0.25, 0.3) is 0 Å². The molecule has 106 valence electrons. The van der Waals surface area contributed by atoms with Crippen molar-refractivity contribution in [1.29, 1.82) is 0 Å². The lowest BCUT2D eigenvalue weighted by Crippen LogP contribution is -2.27. The molecule has 1 heterocycles. The molecular formula is C14H14BrFN2O2. The average molecular weight is 341 g/mol. The average Bonchev–Trinajstić information content (AvgIpc) is 2.72. The van der Waals surface area contributed by atoms with E-state index in [4.69, 9.17) is 4.52 Å². The number of hydrogen-bond donors (Lipinski definition) is 1. The highest BCUT2D eigenvalue weighted by Crippen LogP contribution is 2.22. The lowest BCUT2D eigenvalue weighted by atomic mass is 10.1. The van der Waals surface area contributed by atoms with Crippen LogP contribution < -0.4 is 5.32 Å². The van der Waals surface area contributed by atoms with Gasteiger partial charge >= 0.3 is 0 Å². The second kappa shape index (κ2) is 5.75. The number of nitrogens with zero attached hydrogens (tertiary/aromatic N) is 1. The van der Waals surface area contributed by atoms with Crippen molar-refractivity contribution in [2.75, 3.05) is 0 Å². The van der Waals surface area contributed by atoms with E-state index in [1.165, 1.54) is 18.2 Å². The van der Waals surface area contributed by atoms with Crippen molar-refractivity contribution in [2.24, 2.45) is 0 Å². The van der Waals surface area contributed by atoms with Gasteiger partial charge in [-0.15, -0.1) is 0 Å². The molecule has 0 aliphatic carbocycles. The van der Waals surface area contributed by atoms with Gasteiger partial charge in [0.2, 0.25) is 0 Å². The summed E-state index contributed by atoms with van der Waals surface area (Å²) in [6.07, 6.45) is 0. The fourth-order valence-electron chi connectivity index (χ4n) is 2.10. The molecule has 1 atom stereocenters. The van der Waals surface area contributed by atoms with Crippen LogP contribution in [0.5, 0.6) is 0 Å². The Morgan fingerprint density at radius 3 is 2.70 bits per heavy atom. The number of halogens is 2. The van der Waals surface area contributed by atoms with E-state index in [-0.39, 0.29) is 16.4 Å². The first-order valence-corrected chi connectivity index (χ1v) is 6.88. The van der Waals surface area contributed by atoms with Crippen LogP contribution in [-0.4, -0.2) is 11.1 Å². The van der Waals surface area contributed by atoms with Gasteiger partial charge < -0.3 is 9.84 Å². The largest absolute Gasteiger partial charge is 0.361 e. The number of nitrogens with one attached hydrogen (secondary N) is 1. The number of amides is 1. The number of aromatic nitrogens is 1. The van der Waals surface area contributed by atoms with Crippen LogP contribution in [0.2, 0.25) is 0 Å². The van der Waals surface area contributed by atoms with Gasteiger partial charge in [-0.25, -0.2) is 4.39 Å². The molecule has 0 saturated heterocycles. The second-order valence-corrected chi connectivity index (χ2v) is 5.42. The SMILES string of the molecule is Cc1noc(C)c1C(C)NC(=O)c1ccc(F)c(Br)c1. The number of rotatable bonds is 3. The summed E-state index contributed by atoms with van der Waals surface area (Å²) in [6, 6.07) is 3.90. The van der Waals surface area contributed by atoms with Gasteiger partial charge in [-0.1, -0.05) is 5.16 Å². The molecule has 0 aliphatic heterocycles. The van der Waals surface area contributed by atoms with Crippen LogP contribution in [0.15, 0.2) is 27.2 Å².